The molecule has 3 rings (SSSR count). The van der Waals surface area contributed by atoms with Crippen molar-refractivity contribution in [2.75, 3.05) is 0 Å². The molecule has 0 radical (unpaired) electrons. The second-order valence-electron chi connectivity index (χ2n) is 5.45. The fourth-order valence-electron chi connectivity index (χ4n) is 2.01. The smallest absolute Gasteiger partial charge is 0.120 e. The third-order valence-corrected chi connectivity index (χ3v) is 3.70. The Morgan fingerprint density at radius 2 is 2.12 bits per heavy atom. The van der Waals surface area contributed by atoms with Crippen LogP contribution in [0.5, 0.6) is 5.75 Å². The summed E-state index contributed by atoms with van der Waals surface area (Å²) in [5.74, 6) is 0.906. The summed E-state index contributed by atoms with van der Waals surface area (Å²) in [5.41, 5.74) is 1.11. The van der Waals surface area contributed by atoms with Crippen molar-refractivity contribution in [1.29, 1.82) is 0 Å². The molecular formula is C14H18O2. The fourth-order valence-corrected chi connectivity index (χ4v) is 2.01. The van der Waals surface area contributed by atoms with Crippen LogP contribution >= 0.6 is 0 Å². The molecule has 0 aliphatic heterocycles. The molecule has 0 bridgehead atoms. The maximum Gasteiger partial charge on any atom is 0.120 e. The highest BCUT2D eigenvalue weighted by atomic mass is 16.5. The maximum absolute atomic E-state index is 10.2. The second kappa shape index (κ2) is 3.49. The molecule has 0 spiro atoms. The Hall–Kier alpha value is -1.02. The molecule has 2 saturated carbocycles. The quantitative estimate of drug-likeness (QED) is 0.841. The van der Waals surface area contributed by atoms with Crippen LogP contribution in [0, 0.1) is 5.41 Å². The van der Waals surface area contributed by atoms with Gasteiger partial charge < -0.3 is 9.84 Å². The lowest BCUT2D eigenvalue weighted by molar-refractivity contribution is 0.103. The van der Waals surface area contributed by atoms with Crippen molar-refractivity contribution in [3.63, 3.8) is 0 Å². The standard InChI is InChI=1S/C14H18O2/c1-14(7-8-14)13(15)10-3-2-4-12(9-10)16-11-5-6-11/h2-4,9,11,13,15H,5-8H2,1H3. The van der Waals surface area contributed by atoms with Gasteiger partial charge >= 0.3 is 0 Å². The summed E-state index contributed by atoms with van der Waals surface area (Å²) < 4.78 is 5.74. The summed E-state index contributed by atoms with van der Waals surface area (Å²) in [5, 5.41) is 10.2. The average Bonchev–Trinajstić information content (AvgIpc) is 3.17. The van der Waals surface area contributed by atoms with Crippen molar-refractivity contribution in [1.82, 2.24) is 0 Å². The van der Waals surface area contributed by atoms with Gasteiger partial charge in [-0.25, -0.2) is 0 Å². The van der Waals surface area contributed by atoms with Crippen molar-refractivity contribution >= 4 is 0 Å². The summed E-state index contributed by atoms with van der Waals surface area (Å²) in [6.45, 7) is 2.14. The lowest BCUT2D eigenvalue weighted by Crippen LogP contribution is -2.09. The molecule has 2 aliphatic carbocycles. The first-order valence-corrected chi connectivity index (χ1v) is 6.12. The van der Waals surface area contributed by atoms with Gasteiger partial charge in [0.05, 0.1) is 12.2 Å². The predicted molar refractivity (Wildman–Crippen MR) is 62.4 cm³/mol. The third-order valence-electron chi connectivity index (χ3n) is 3.70. The molecule has 0 amide bonds. The Bertz CT molecular complexity index is 391. The van der Waals surface area contributed by atoms with E-state index in [4.69, 9.17) is 4.74 Å². The van der Waals surface area contributed by atoms with Crippen LogP contribution < -0.4 is 4.74 Å². The van der Waals surface area contributed by atoms with E-state index in [0.717, 1.165) is 24.2 Å². The molecule has 1 N–H and O–H groups in total. The number of aliphatic hydroxyl groups excluding tert-OH is 1. The van der Waals surface area contributed by atoms with E-state index in [0.29, 0.717) is 6.10 Å². The largest absolute Gasteiger partial charge is 0.490 e. The monoisotopic (exact) mass is 218 g/mol. The fraction of sp³-hybridized carbons (Fsp3) is 0.571. The van der Waals surface area contributed by atoms with Gasteiger partial charge in [-0.15, -0.1) is 0 Å². The molecule has 1 unspecified atom stereocenters. The van der Waals surface area contributed by atoms with Gasteiger partial charge in [-0.3, -0.25) is 0 Å². The summed E-state index contributed by atoms with van der Waals surface area (Å²) >= 11 is 0. The highest BCUT2D eigenvalue weighted by Crippen LogP contribution is 2.54. The van der Waals surface area contributed by atoms with Gasteiger partial charge in [0, 0.05) is 0 Å². The van der Waals surface area contributed by atoms with E-state index in [9.17, 15) is 5.11 Å². The van der Waals surface area contributed by atoms with Crippen LogP contribution in [0.1, 0.15) is 44.3 Å². The molecule has 1 atom stereocenters. The summed E-state index contributed by atoms with van der Waals surface area (Å²) in [7, 11) is 0. The molecule has 0 heterocycles. The first kappa shape index (κ1) is 10.2. The molecule has 0 aromatic heterocycles. The van der Waals surface area contributed by atoms with Crippen molar-refractivity contribution in [3.8, 4) is 5.75 Å². The Morgan fingerprint density at radius 3 is 2.75 bits per heavy atom. The number of rotatable bonds is 4. The first-order chi connectivity index (χ1) is 7.67. The lowest BCUT2D eigenvalue weighted by Gasteiger charge is -2.18. The molecule has 1 aromatic rings. The lowest BCUT2D eigenvalue weighted by atomic mass is 9.95. The number of hydrogen-bond acceptors (Lipinski definition) is 2. The predicted octanol–water partition coefficient (Wildman–Crippen LogP) is 3.06. The van der Waals surface area contributed by atoms with Crippen LogP contribution in [0.3, 0.4) is 0 Å². The van der Waals surface area contributed by atoms with Gasteiger partial charge in [-0.05, 0) is 48.8 Å². The minimum Gasteiger partial charge on any atom is -0.490 e. The van der Waals surface area contributed by atoms with Gasteiger partial charge in [-0.1, -0.05) is 19.1 Å². The topological polar surface area (TPSA) is 29.5 Å². The Balaban J connectivity index is 1.78. The van der Waals surface area contributed by atoms with E-state index < -0.39 is 0 Å². The maximum atomic E-state index is 10.2. The summed E-state index contributed by atoms with van der Waals surface area (Å²) in [6.07, 6.45) is 4.68. The third kappa shape index (κ3) is 1.94. The minimum atomic E-state index is -0.338. The van der Waals surface area contributed by atoms with Gasteiger partial charge in [0.2, 0.25) is 0 Å². The Kier molecular flexibility index (Phi) is 2.21. The zero-order chi connectivity index (χ0) is 11.2. The van der Waals surface area contributed by atoms with Crippen molar-refractivity contribution in [2.24, 2.45) is 5.41 Å². The molecule has 2 nitrogen and oxygen atoms in total. The zero-order valence-electron chi connectivity index (χ0n) is 9.65. The van der Waals surface area contributed by atoms with Crippen molar-refractivity contribution in [2.45, 2.75) is 44.8 Å². The van der Waals surface area contributed by atoms with Crippen LogP contribution in [-0.2, 0) is 0 Å². The normalized spacial score (nSPS) is 23.9. The van der Waals surface area contributed by atoms with E-state index in [1.807, 2.05) is 24.3 Å². The Labute approximate surface area is 96.2 Å². The van der Waals surface area contributed by atoms with Crippen LogP contribution in [0.2, 0.25) is 0 Å². The van der Waals surface area contributed by atoms with Crippen LogP contribution in [0.25, 0.3) is 0 Å². The second-order valence-corrected chi connectivity index (χ2v) is 5.45. The number of aliphatic hydroxyl groups is 1. The van der Waals surface area contributed by atoms with E-state index in [1.54, 1.807) is 0 Å². The highest BCUT2D eigenvalue weighted by Gasteiger charge is 2.44. The van der Waals surface area contributed by atoms with E-state index in [-0.39, 0.29) is 11.5 Å². The Morgan fingerprint density at radius 1 is 1.38 bits per heavy atom. The van der Waals surface area contributed by atoms with E-state index >= 15 is 0 Å². The summed E-state index contributed by atoms with van der Waals surface area (Å²) in [6, 6.07) is 7.94. The molecule has 2 fully saturated rings. The van der Waals surface area contributed by atoms with Crippen LogP contribution in [-0.4, -0.2) is 11.2 Å². The van der Waals surface area contributed by atoms with Gasteiger partial charge in [0.1, 0.15) is 5.75 Å². The number of hydrogen-bond donors (Lipinski definition) is 1. The van der Waals surface area contributed by atoms with E-state index in [2.05, 4.69) is 6.92 Å². The van der Waals surface area contributed by atoms with Gasteiger partial charge in [-0.2, -0.15) is 0 Å². The molecule has 86 valence electrons. The van der Waals surface area contributed by atoms with E-state index in [1.165, 1.54) is 12.8 Å². The zero-order valence-corrected chi connectivity index (χ0v) is 9.65. The molecular weight excluding hydrogens is 200 g/mol. The average molecular weight is 218 g/mol. The highest BCUT2D eigenvalue weighted by molar-refractivity contribution is 5.32. The van der Waals surface area contributed by atoms with Crippen LogP contribution in [0.4, 0.5) is 0 Å². The molecule has 0 saturated heterocycles. The van der Waals surface area contributed by atoms with Gasteiger partial charge in [0.15, 0.2) is 0 Å². The van der Waals surface area contributed by atoms with Gasteiger partial charge in [0.25, 0.3) is 0 Å². The molecule has 16 heavy (non-hydrogen) atoms. The number of ether oxygens (including phenoxy) is 1. The van der Waals surface area contributed by atoms with Crippen LogP contribution in [0.15, 0.2) is 24.3 Å². The molecule has 2 aliphatic rings. The SMILES string of the molecule is CC1(C(O)c2cccc(OC3CC3)c2)CC1. The van der Waals surface area contributed by atoms with Crippen molar-refractivity contribution < 1.29 is 9.84 Å². The number of benzene rings is 1. The summed E-state index contributed by atoms with van der Waals surface area (Å²) in [4.78, 5) is 0. The van der Waals surface area contributed by atoms with Crippen molar-refractivity contribution in [3.05, 3.63) is 29.8 Å². The molecule has 1 aromatic carbocycles. The minimum absolute atomic E-state index is 0.109. The molecule has 2 heteroatoms. The first-order valence-electron chi connectivity index (χ1n) is 6.12.